The Hall–Kier alpha value is 0.871. The third kappa shape index (κ3) is 22.9. The van der Waals surface area contributed by atoms with E-state index in [1.165, 1.54) is 38.5 Å². The fourth-order valence-electron chi connectivity index (χ4n) is 2.22. The van der Waals surface area contributed by atoms with E-state index in [0.717, 1.165) is 32.1 Å². The van der Waals surface area contributed by atoms with E-state index >= 15 is 0 Å². The average molecular weight is 484 g/mol. The number of hydrogen-bond donors (Lipinski definition) is 2. The van der Waals surface area contributed by atoms with Crippen molar-refractivity contribution in [1.82, 2.24) is 0 Å². The van der Waals surface area contributed by atoms with Gasteiger partial charge in [-0.3, -0.25) is 4.79 Å². The summed E-state index contributed by atoms with van der Waals surface area (Å²) in [5, 5.41) is 0. The first-order valence-corrected chi connectivity index (χ1v) is 10.0. The second-order valence-corrected chi connectivity index (χ2v) is 6.38. The van der Waals surface area contributed by atoms with Crippen LogP contribution in [-0.4, -0.2) is 64.6 Å². The molecule has 0 aromatic carbocycles. The fourth-order valence-corrected chi connectivity index (χ4v) is 2.49. The van der Waals surface area contributed by atoms with Crippen LogP contribution < -0.4 is 0 Å². The van der Waals surface area contributed by atoms with Crippen LogP contribution in [0.3, 0.4) is 0 Å². The normalized spacial score (nSPS) is 11.3. The molecule has 0 aromatic heterocycles. The molecule has 0 aliphatic carbocycles. The minimum absolute atomic E-state index is 0. The van der Waals surface area contributed by atoms with Crippen LogP contribution in [0.1, 0.15) is 84.0 Å². The molecule has 2 N–H and O–H groups in total. The van der Waals surface area contributed by atoms with E-state index in [4.69, 9.17) is 9.79 Å². The summed E-state index contributed by atoms with van der Waals surface area (Å²) in [5.41, 5.74) is 0. The SMILES string of the molecule is CCCCC/C=C\C/C=C\CCCCCCCC(=O)OP(O)O.[BaH2]. The maximum atomic E-state index is 11.0. The van der Waals surface area contributed by atoms with Crippen molar-refractivity contribution in [3.05, 3.63) is 24.3 Å². The van der Waals surface area contributed by atoms with E-state index in [1.54, 1.807) is 0 Å². The molecule has 0 spiro atoms. The molecule has 0 bridgehead atoms. The van der Waals surface area contributed by atoms with Gasteiger partial charge in [0.05, 0.1) is 0 Å². The van der Waals surface area contributed by atoms with Crippen LogP contribution in [0, 0.1) is 0 Å². The van der Waals surface area contributed by atoms with Gasteiger partial charge in [-0.15, -0.1) is 0 Å². The number of allylic oxidation sites excluding steroid dienone is 4. The van der Waals surface area contributed by atoms with Gasteiger partial charge in [-0.2, -0.15) is 0 Å². The van der Waals surface area contributed by atoms with Gasteiger partial charge in [0, 0.05) is 6.42 Å². The molecule has 6 heteroatoms. The molecule has 0 aliphatic heterocycles. The van der Waals surface area contributed by atoms with Crippen LogP contribution in [0.4, 0.5) is 0 Å². The molecule has 4 nitrogen and oxygen atoms in total. The first kappa shape index (κ1) is 27.1. The van der Waals surface area contributed by atoms with Gasteiger partial charge in [-0.1, -0.05) is 63.3 Å². The molecule has 0 rings (SSSR count). The van der Waals surface area contributed by atoms with E-state index in [1.807, 2.05) is 0 Å². The Kier molecular flexibility index (Phi) is 24.7. The summed E-state index contributed by atoms with van der Waals surface area (Å²) in [7, 11) is -2.55. The maximum absolute atomic E-state index is 11.0. The van der Waals surface area contributed by atoms with Crippen molar-refractivity contribution in [3.63, 3.8) is 0 Å². The summed E-state index contributed by atoms with van der Waals surface area (Å²) in [6.07, 6.45) is 21.7. The summed E-state index contributed by atoms with van der Waals surface area (Å²) in [6, 6.07) is 0. The molecule has 0 fully saturated rings. The van der Waals surface area contributed by atoms with Crippen molar-refractivity contribution < 1.29 is 19.1 Å². The number of unbranched alkanes of at least 4 members (excludes halogenated alkanes) is 8. The zero-order valence-electron chi connectivity index (χ0n) is 14.5. The van der Waals surface area contributed by atoms with Crippen LogP contribution >= 0.6 is 8.60 Å². The molecule has 0 saturated carbocycles. The van der Waals surface area contributed by atoms with Crippen LogP contribution in [0.15, 0.2) is 24.3 Å². The molecule has 0 atom stereocenters. The van der Waals surface area contributed by atoms with Crippen molar-refractivity contribution in [3.8, 4) is 0 Å². The van der Waals surface area contributed by atoms with Gasteiger partial charge < -0.3 is 14.3 Å². The Morgan fingerprint density at radius 3 is 2.00 bits per heavy atom. The van der Waals surface area contributed by atoms with Crippen LogP contribution in [0.2, 0.25) is 0 Å². The fraction of sp³-hybridized carbons (Fsp3) is 0.722. The Morgan fingerprint density at radius 1 is 0.875 bits per heavy atom. The van der Waals surface area contributed by atoms with E-state index in [9.17, 15) is 4.79 Å². The summed E-state index contributed by atoms with van der Waals surface area (Å²) in [4.78, 5) is 28.1. The zero-order chi connectivity index (χ0) is 17.2. The molecule has 0 amide bonds. The number of rotatable bonds is 15. The van der Waals surface area contributed by atoms with Crippen molar-refractivity contribution in [2.75, 3.05) is 0 Å². The first-order valence-electron chi connectivity index (χ1n) is 8.85. The molecular formula is C18H35BaO4P. The quantitative estimate of drug-likeness (QED) is 0.154. The van der Waals surface area contributed by atoms with Crippen LogP contribution in [-0.2, 0) is 9.32 Å². The monoisotopic (exact) mass is 484 g/mol. The number of carbonyl (C=O) groups excluding carboxylic acids is 1. The summed E-state index contributed by atoms with van der Waals surface area (Å²) < 4.78 is 4.29. The van der Waals surface area contributed by atoms with Gasteiger partial charge in [0.1, 0.15) is 0 Å². The molecule has 138 valence electrons. The van der Waals surface area contributed by atoms with Crippen LogP contribution in [0.25, 0.3) is 0 Å². The summed E-state index contributed by atoms with van der Waals surface area (Å²) >= 11 is 0. The van der Waals surface area contributed by atoms with Crippen molar-refractivity contribution in [2.45, 2.75) is 84.0 Å². The second-order valence-electron chi connectivity index (χ2n) is 5.70. The summed E-state index contributed by atoms with van der Waals surface area (Å²) in [5.74, 6) is -0.521. The van der Waals surface area contributed by atoms with E-state index in [0.29, 0.717) is 0 Å². The van der Waals surface area contributed by atoms with E-state index < -0.39 is 14.6 Å². The molecule has 0 radical (unpaired) electrons. The number of hydrogen-bond acceptors (Lipinski definition) is 4. The van der Waals surface area contributed by atoms with Crippen molar-refractivity contribution >= 4 is 63.5 Å². The second kappa shape index (κ2) is 21.9. The van der Waals surface area contributed by atoms with Gasteiger partial charge in [0.25, 0.3) is 0 Å². The Bertz CT molecular complexity index is 333. The van der Waals surface area contributed by atoms with Gasteiger partial charge in [0.2, 0.25) is 0 Å². The van der Waals surface area contributed by atoms with Gasteiger partial charge in [0.15, 0.2) is 0 Å². The van der Waals surface area contributed by atoms with Crippen molar-refractivity contribution in [2.24, 2.45) is 0 Å². The predicted octanol–water partition coefficient (Wildman–Crippen LogP) is 4.64. The van der Waals surface area contributed by atoms with Crippen LogP contribution in [0.5, 0.6) is 0 Å². The topological polar surface area (TPSA) is 66.8 Å². The molecule has 24 heavy (non-hydrogen) atoms. The molecule has 0 saturated heterocycles. The molecule has 0 aliphatic rings. The molecule has 0 unspecified atom stereocenters. The van der Waals surface area contributed by atoms with Gasteiger partial charge in [-0.05, 0) is 38.5 Å². The molecule has 0 heterocycles. The summed E-state index contributed by atoms with van der Waals surface area (Å²) in [6.45, 7) is 2.23. The van der Waals surface area contributed by atoms with Gasteiger partial charge in [-0.25, -0.2) is 0 Å². The van der Waals surface area contributed by atoms with E-state index in [-0.39, 0.29) is 55.3 Å². The van der Waals surface area contributed by atoms with E-state index in [2.05, 4.69) is 35.8 Å². The zero-order valence-corrected chi connectivity index (χ0v) is 15.3. The molecular weight excluding hydrogens is 448 g/mol. The predicted molar refractivity (Wildman–Crippen MR) is 105 cm³/mol. The third-order valence-corrected chi connectivity index (χ3v) is 3.88. The Balaban J connectivity index is 0. The minimum atomic E-state index is -2.55. The Labute approximate surface area is 189 Å². The average Bonchev–Trinajstić information content (AvgIpc) is 2.50. The molecule has 0 aromatic rings. The first-order chi connectivity index (χ1) is 11.2. The Morgan fingerprint density at radius 2 is 1.42 bits per heavy atom. The van der Waals surface area contributed by atoms with Gasteiger partial charge >= 0.3 is 63.5 Å². The van der Waals surface area contributed by atoms with Crippen molar-refractivity contribution in [1.29, 1.82) is 0 Å². The standard InChI is InChI=1S/C18H33O4P.Ba.2H/c1-2-3-4-5-6-7-8-9-10-11-12-13-14-15-16-17-18(19)22-23(20)21;;;/h6-7,9-10,20-21H,2-5,8,11-17H2,1H3;;;/b7-6-,10-9-;;;. The number of carbonyl (C=O) groups is 1. The third-order valence-electron chi connectivity index (χ3n) is 3.52.